The Morgan fingerprint density at radius 1 is 1.45 bits per heavy atom. The highest BCUT2D eigenvalue weighted by atomic mass is 32.2. The van der Waals surface area contributed by atoms with Gasteiger partial charge in [0.05, 0.1) is 12.3 Å². The number of ether oxygens (including phenoxy) is 2. The average molecular weight is 298 g/mol. The third-order valence-corrected chi connectivity index (χ3v) is 3.19. The van der Waals surface area contributed by atoms with Gasteiger partial charge >= 0.3 is 5.97 Å². The summed E-state index contributed by atoms with van der Waals surface area (Å²) < 4.78 is 35.3. The zero-order valence-electron chi connectivity index (χ0n) is 10.8. The Morgan fingerprint density at radius 2 is 2.20 bits per heavy atom. The van der Waals surface area contributed by atoms with Crippen molar-refractivity contribution in [1.29, 1.82) is 5.26 Å². The maximum absolute atomic E-state index is 11.7. The summed E-state index contributed by atoms with van der Waals surface area (Å²) in [5.41, 5.74) is 0.240. The third-order valence-electron chi connectivity index (χ3n) is 2.02. The molecular weight excluding hydrogens is 284 g/mol. The number of hydrogen-bond donors (Lipinski definition) is 1. The fourth-order valence-corrected chi connectivity index (χ4v) is 2.29. The molecule has 0 spiro atoms. The molecule has 0 saturated heterocycles. The number of anilines is 1. The fraction of sp³-hybridized carbons (Fsp3) is 0.333. The van der Waals surface area contributed by atoms with Crippen molar-refractivity contribution in [2.24, 2.45) is 0 Å². The summed E-state index contributed by atoms with van der Waals surface area (Å²) in [5.74, 6) is -1.23. The van der Waals surface area contributed by atoms with Gasteiger partial charge in [-0.05, 0) is 19.1 Å². The summed E-state index contributed by atoms with van der Waals surface area (Å²) in [6, 6.07) is 7.87. The van der Waals surface area contributed by atoms with Gasteiger partial charge in [0.15, 0.2) is 12.4 Å². The molecular formula is C12H14N2O5S. The topological polar surface area (TPSA) is 105 Å². The van der Waals surface area contributed by atoms with Crippen molar-refractivity contribution in [3.8, 4) is 11.8 Å². The van der Waals surface area contributed by atoms with E-state index in [9.17, 15) is 13.2 Å². The monoisotopic (exact) mass is 298 g/mol. The van der Waals surface area contributed by atoms with Crippen molar-refractivity contribution >= 4 is 21.7 Å². The van der Waals surface area contributed by atoms with Gasteiger partial charge in [-0.2, -0.15) is 5.26 Å². The molecule has 20 heavy (non-hydrogen) atoms. The number of benzene rings is 1. The van der Waals surface area contributed by atoms with Gasteiger partial charge in [0, 0.05) is 6.07 Å². The second-order valence-corrected chi connectivity index (χ2v) is 5.36. The second kappa shape index (κ2) is 7.35. The predicted octanol–water partition coefficient (Wildman–Crippen LogP) is 0.894. The molecule has 0 fully saturated rings. The first-order valence-corrected chi connectivity index (χ1v) is 7.38. The van der Waals surface area contributed by atoms with Gasteiger partial charge in [-0.25, -0.2) is 8.42 Å². The maximum atomic E-state index is 11.7. The van der Waals surface area contributed by atoms with Crippen LogP contribution in [-0.4, -0.2) is 33.4 Å². The van der Waals surface area contributed by atoms with E-state index >= 15 is 0 Å². The highest BCUT2D eigenvalue weighted by molar-refractivity contribution is 7.93. The molecule has 0 aliphatic heterocycles. The summed E-state index contributed by atoms with van der Waals surface area (Å²) in [6.45, 7) is 1.57. The van der Waals surface area contributed by atoms with Gasteiger partial charge in [-0.3, -0.25) is 9.52 Å². The van der Waals surface area contributed by atoms with E-state index in [1.165, 1.54) is 12.1 Å². The molecule has 108 valence electrons. The standard InChI is InChI=1S/C12H14N2O5S/c1-2-18-12(15)9-20(16,17)14-10-4-3-5-11(8-10)19-7-6-13/h3-5,8,14H,2,7,9H2,1H3. The Kier molecular flexibility index (Phi) is 5.80. The molecule has 0 heterocycles. The first-order valence-electron chi connectivity index (χ1n) is 5.73. The van der Waals surface area contributed by atoms with Crippen LogP contribution in [0.1, 0.15) is 6.92 Å². The van der Waals surface area contributed by atoms with E-state index < -0.39 is 21.7 Å². The first-order chi connectivity index (χ1) is 9.46. The summed E-state index contributed by atoms with van der Waals surface area (Å²) in [4.78, 5) is 11.2. The lowest BCUT2D eigenvalue weighted by Gasteiger charge is -2.09. The predicted molar refractivity (Wildman–Crippen MR) is 71.6 cm³/mol. The van der Waals surface area contributed by atoms with Crippen LogP contribution in [0, 0.1) is 11.3 Å². The maximum Gasteiger partial charge on any atom is 0.323 e. The van der Waals surface area contributed by atoms with Crippen LogP contribution in [-0.2, 0) is 19.6 Å². The zero-order chi connectivity index (χ0) is 15.0. The van der Waals surface area contributed by atoms with Gasteiger partial charge in [0.2, 0.25) is 10.0 Å². The molecule has 0 atom stereocenters. The molecule has 1 aromatic rings. The van der Waals surface area contributed by atoms with Crippen LogP contribution in [0.5, 0.6) is 5.75 Å². The lowest BCUT2D eigenvalue weighted by Crippen LogP contribution is -2.24. The van der Waals surface area contributed by atoms with Crippen LogP contribution in [0.25, 0.3) is 0 Å². The Morgan fingerprint density at radius 3 is 2.85 bits per heavy atom. The van der Waals surface area contributed by atoms with Crippen LogP contribution in [0.2, 0.25) is 0 Å². The highest BCUT2D eigenvalue weighted by Gasteiger charge is 2.17. The minimum Gasteiger partial charge on any atom is -0.479 e. The minimum atomic E-state index is -3.84. The van der Waals surface area contributed by atoms with Crippen LogP contribution in [0.4, 0.5) is 5.69 Å². The van der Waals surface area contributed by atoms with E-state index in [-0.39, 0.29) is 18.9 Å². The first kappa shape index (κ1) is 15.8. The van der Waals surface area contributed by atoms with E-state index in [0.717, 1.165) is 0 Å². The molecule has 0 unspecified atom stereocenters. The number of nitrogens with zero attached hydrogens (tertiary/aromatic N) is 1. The number of sulfonamides is 1. The SMILES string of the molecule is CCOC(=O)CS(=O)(=O)Nc1cccc(OCC#N)c1. The van der Waals surface area contributed by atoms with Crippen LogP contribution >= 0.6 is 0 Å². The van der Waals surface area contributed by atoms with Gasteiger partial charge < -0.3 is 9.47 Å². The molecule has 0 radical (unpaired) electrons. The number of nitriles is 1. The quantitative estimate of drug-likeness (QED) is 0.749. The Bertz CT molecular complexity index is 607. The summed E-state index contributed by atoms with van der Waals surface area (Å²) in [6.07, 6.45) is 0. The largest absolute Gasteiger partial charge is 0.479 e. The smallest absolute Gasteiger partial charge is 0.323 e. The molecule has 1 rings (SSSR count). The van der Waals surface area contributed by atoms with E-state index in [0.29, 0.717) is 5.75 Å². The van der Waals surface area contributed by atoms with E-state index in [1.807, 2.05) is 0 Å². The zero-order valence-corrected chi connectivity index (χ0v) is 11.6. The molecule has 7 nitrogen and oxygen atoms in total. The van der Waals surface area contributed by atoms with Gasteiger partial charge in [-0.1, -0.05) is 6.07 Å². The number of nitrogens with one attached hydrogen (secondary N) is 1. The lowest BCUT2D eigenvalue weighted by atomic mass is 10.3. The van der Waals surface area contributed by atoms with E-state index in [4.69, 9.17) is 10.00 Å². The molecule has 1 aromatic carbocycles. The minimum absolute atomic E-state index is 0.117. The van der Waals surface area contributed by atoms with Crippen molar-refractivity contribution in [3.63, 3.8) is 0 Å². The molecule has 0 bridgehead atoms. The lowest BCUT2D eigenvalue weighted by molar-refractivity contribution is -0.139. The Hall–Kier alpha value is -2.27. The van der Waals surface area contributed by atoms with Crippen molar-refractivity contribution in [2.75, 3.05) is 23.7 Å². The van der Waals surface area contributed by atoms with Crippen molar-refractivity contribution in [1.82, 2.24) is 0 Å². The van der Waals surface area contributed by atoms with Crippen LogP contribution < -0.4 is 9.46 Å². The summed E-state index contributed by atoms with van der Waals surface area (Å²) in [7, 11) is -3.84. The second-order valence-electron chi connectivity index (χ2n) is 3.64. The van der Waals surface area contributed by atoms with Gasteiger partial charge in [0.25, 0.3) is 0 Å². The Labute approximate surface area is 117 Å². The molecule has 0 aromatic heterocycles. The number of carbonyl (C=O) groups excluding carboxylic acids is 1. The molecule has 0 amide bonds. The number of carbonyl (C=O) groups is 1. The Balaban J connectivity index is 2.72. The molecule has 0 aliphatic rings. The van der Waals surface area contributed by atoms with Gasteiger partial charge in [0.1, 0.15) is 11.8 Å². The molecule has 1 N–H and O–H groups in total. The van der Waals surface area contributed by atoms with Gasteiger partial charge in [-0.15, -0.1) is 0 Å². The van der Waals surface area contributed by atoms with Crippen molar-refractivity contribution in [3.05, 3.63) is 24.3 Å². The molecule has 8 heteroatoms. The van der Waals surface area contributed by atoms with Crippen molar-refractivity contribution in [2.45, 2.75) is 6.92 Å². The summed E-state index contributed by atoms with van der Waals surface area (Å²) >= 11 is 0. The van der Waals surface area contributed by atoms with Crippen LogP contribution in [0.3, 0.4) is 0 Å². The normalized spacial score (nSPS) is 10.4. The number of hydrogen-bond acceptors (Lipinski definition) is 6. The average Bonchev–Trinajstić information content (AvgIpc) is 2.35. The number of esters is 1. The van der Waals surface area contributed by atoms with E-state index in [1.54, 1.807) is 25.1 Å². The molecule has 0 saturated carbocycles. The molecule has 0 aliphatic carbocycles. The van der Waals surface area contributed by atoms with E-state index in [2.05, 4.69) is 9.46 Å². The number of rotatable bonds is 7. The summed E-state index contributed by atoms with van der Waals surface area (Å²) in [5, 5.41) is 8.40. The highest BCUT2D eigenvalue weighted by Crippen LogP contribution is 2.18. The van der Waals surface area contributed by atoms with Crippen LogP contribution in [0.15, 0.2) is 24.3 Å². The fourth-order valence-electron chi connectivity index (χ4n) is 1.34. The van der Waals surface area contributed by atoms with Crippen molar-refractivity contribution < 1.29 is 22.7 Å². The third kappa shape index (κ3) is 5.58.